The van der Waals surface area contributed by atoms with Crippen molar-refractivity contribution >= 4 is 0 Å². The third-order valence-corrected chi connectivity index (χ3v) is 6.14. The number of nitrogens with zero attached hydrogens (tertiary/aromatic N) is 3. The summed E-state index contributed by atoms with van der Waals surface area (Å²) in [7, 11) is 0. The number of hydrogen-bond donors (Lipinski definition) is 1. The highest BCUT2D eigenvalue weighted by Gasteiger charge is 2.27. The van der Waals surface area contributed by atoms with E-state index in [2.05, 4.69) is 47.7 Å². The Labute approximate surface area is 206 Å². The summed E-state index contributed by atoms with van der Waals surface area (Å²) < 4.78 is 11.3. The fraction of sp³-hybridized carbons (Fsp3) is 0.276. The van der Waals surface area contributed by atoms with Crippen LogP contribution in [0.25, 0.3) is 22.8 Å². The summed E-state index contributed by atoms with van der Waals surface area (Å²) in [6.45, 7) is 13.7. The number of benzene rings is 2. The molecule has 6 heteroatoms. The van der Waals surface area contributed by atoms with Gasteiger partial charge in [0.05, 0.1) is 11.7 Å². The summed E-state index contributed by atoms with van der Waals surface area (Å²) in [6, 6.07) is 14.1. The summed E-state index contributed by atoms with van der Waals surface area (Å²) in [5.74, 6) is 1.46. The highest BCUT2D eigenvalue weighted by Crippen LogP contribution is 2.38. The van der Waals surface area contributed by atoms with Gasteiger partial charge in [-0.1, -0.05) is 54.7 Å². The van der Waals surface area contributed by atoms with Gasteiger partial charge in [0.1, 0.15) is 11.8 Å². The lowest BCUT2D eigenvalue weighted by Gasteiger charge is -2.21. The van der Waals surface area contributed by atoms with Crippen LogP contribution in [0.2, 0.25) is 0 Å². The first-order valence-electron chi connectivity index (χ1n) is 11.8. The molecule has 6 nitrogen and oxygen atoms in total. The quantitative estimate of drug-likeness (QED) is 0.371. The van der Waals surface area contributed by atoms with Crippen molar-refractivity contribution in [2.24, 2.45) is 0 Å². The van der Waals surface area contributed by atoms with E-state index in [0.29, 0.717) is 28.6 Å². The fourth-order valence-electron chi connectivity index (χ4n) is 4.52. The molecule has 1 heterocycles. The zero-order valence-corrected chi connectivity index (χ0v) is 20.4. The molecule has 4 rings (SSSR count). The SMILES string of the molecule is C=CC=C(C=C)C(C)NC1CCc2c(-c3noc(-c4ccc(OC(C)C)c(C#N)c4)n3)cccc21. The molecule has 0 saturated carbocycles. The van der Waals surface area contributed by atoms with Crippen LogP contribution in [0.3, 0.4) is 0 Å². The molecular formula is C29H30N4O2. The van der Waals surface area contributed by atoms with Crippen molar-refractivity contribution in [2.45, 2.75) is 51.8 Å². The van der Waals surface area contributed by atoms with Crippen LogP contribution in [0.1, 0.15) is 49.9 Å². The third kappa shape index (κ3) is 5.11. The van der Waals surface area contributed by atoms with Gasteiger partial charge in [-0.3, -0.25) is 0 Å². The van der Waals surface area contributed by atoms with E-state index in [9.17, 15) is 5.26 Å². The number of rotatable bonds is 9. The molecular weight excluding hydrogens is 436 g/mol. The highest BCUT2D eigenvalue weighted by atomic mass is 16.5. The fourth-order valence-corrected chi connectivity index (χ4v) is 4.52. The molecule has 2 atom stereocenters. The summed E-state index contributed by atoms with van der Waals surface area (Å²) in [5.41, 5.74) is 5.68. The number of ether oxygens (including phenoxy) is 1. The van der Waals surface area contributed by atoms with E-state index in [1.54, 1.807) is 18.2 Å². The average molecular weight is 467 g/mol. The number of hydrogen-bond acceptors (Lipinski definition) is 6. The molecule has 2 aromatic carbocycles. The van der Waals surface area contributed by atoms with Gasteiger partial charge in [-0.25, -0.2) is 0 Å². The standard InChI is InChI=1S/C29H30N4O2/c1-6-9-20(7-2)19(5)31-26-14-13-23-24(26)10-8-11-25(23)28-32-29(35-33-28)21-12-15-27(34-18(3)4)22(16-21)17-30/h6-12,15-16,18-19,26,31H,1-2,13-14H2,3-5H3. The van der Waals surface area contributed by atoms with E-state index in [1.165, 1.54) is 11.1 Å². The average Bonchev–Trinajstić information content (AvgIpc) is 3.50. The second-order valence-electron chi connectivity index (χ2n) is 8.87. The molecule has 178 valence electrons. The van der Waals surface area contributed by atoms with Gasteiger partial charge in [0.2, 0.25) is 5.82 Å². The lowest BCUT2D eigenvalue weighted by Crippen LogP contribution is -2.30. The van der Waals surface area contributed by atoms with E-state index in [-0.39, 0.29) is 18.2 Å². The zero-order valence-electron chi connectivity index (χ0n) is 20.4. The minimum atomic E-state index is -0.0224. The molecule has 0 radical (unpaired) electrons. The minimum absolute atomic E-state index is 0.0224. The van der Waals surface area contributed by atoms with Crippen molar-refractivity contribution in [1.82, 2.24) is 15.5 Å². The highest BCUT2D eigenvalue weighted by molar-refractivity contribution is 5.67. The third-order valence-electron chi connectivity index (χ3n) is 6.14. The largest absolute Gasteiger partial charge is 0.490 e. The maximum atomic E-state index is 9.54. The molecule has 1 aliphatic rings. The van der Waals surface area contributed by atoms with Crippen molar-refractivity contribution in [1.29, 1.82) is 5.26 Å². The van der Waals surface area contributed by atoms with Gasteiger partial charge in [-0.15, -0.1) is 0 Å². The Balaban J connectivity index is 1.60. The molecule has 0 saturated heterocycles. The van der Waals surface area contributed by atoms with Crippen LogP contribution in [0.4, 0.5) is 0 Å². The van der Waals surface area contributed by atoms with E-state index < -0.39 is 0 Å². The van der Waals surface area contributed by atoms with Crippen molar-refractivity contribution in [3.8, 4) is 34.7 Å². The van der Waals surface area contributed by atoms with Crippen molar-refractivity contribution in [3.63, 3.8) is 0 Å². The Bertz CT molecular complexity index is 1310. The summed E-state index contributed by atoms with van der Waals surface area (Å²) in [5, 5.41) is 17.5. The Morgan fingerprint density at radius 3 is 2.80 bits per heavy atom. The monoisotopic (exact) mass is 466 g/mol. The maximum absolute atomic E-state index is 9.54. The normalized spacial score (nSPS) is 16.0. The molecule has 0 fully saturated rings. The summed E-state index contributed by atoms with van der Waals surface area (Å²) in [6.07, 6.45) is 7.53. The molecule has 1 aliphatic carbocycles. The Morgan fingerprint density at radius 1 is 1.26 bits per heavy atom. The predicted octanol–water partition coefficient (Wildman–Crippen LogP) is 6.33. The maximum Gasteiger partial charge on any atom is 0.258 e. The second kappa shape index (κ2) is 10.5. The predicted molar refractivity (Wildman–Crippen MR) is 138 cm³/mol. The number of allylic oxidation sites excluding steroid dienone is 2. The molecule has 35 heavy (non-hydrogen) atoms. The second-order valence-corrected chi connectivity index (χ2v) is 8.87. The summed E-state index contributed by atoms with van der Waals surface area (Å²) in [4.78, 5) is 4.66. The van der Waals surface area contributed by atoms with Gasteiger partial charge in [0.15, 0.2) is 0 Å². The molecule has 0 aliphatic heterocycles. The molecule has 1 aromatic heterocycles. The lowest BCUT2D eigenvalue weighted by atomic mass is 10.0. The molecule has 0 spiro atoms. The van der Waals surface area contributed by atoms with Gasteiger partial charge in [0, 0.05) is 23.2 Å². The van der Waals surface area contributed by atoms with Crippen LogP contribution >= 0.6 is 0 Å². The van der Waals surface area contributed by atoms with Crippen LogP contribution in [0.5, 0.6) is 5.75 Å². The van der Waals surface area contributed by atoms with Crippen LogP contribution in [-0.4, -0.2) is 22.3 Å². The molecule has 2 unspecified atom stereocenters. The first-order valence-corrected chi connectivity index (χ1v) is 11.8. The summed E-state index contributed by atoms with van der Waals surface area (Å²) >= 11 is 0. The van der Waals surface area contributed by atoms with Gasteiger partial charge < -0.3 is 14.6 Å². The van der Waals surface area contributed by atoms with Crippen LogP contribution in [-0.2, 0) is 6.42 Å². The zero-order chi connectivity index (χ0) is 24.9. The first kappa shape index (κ1) is 24.2. The van der Waals surface area contributed by atoms with Crippen LogP contribution < -0.4 is 10.1 Å². The molecule has 1 N–H and O–H groups in total. The molecule has 3 aromatic rings. The van der Waals surface area contributed by atoms with E-state index in [1.807, 2.05) is 44.2 Å². The topological polar surface area (TPSA) is 84.0 Å². The minimum Gasteiger partial charge on any atom is -0.490 e. The molecule has 0 bridgehead atoms. The van der Waals surface area contributed by atoms with Crippen LogP contribution in [0.15, 0.2) is 77.9 Å². The van der Waals surface area contributed by atoms with Crippen molar-refractivity contribution < 1.29 is 9.26 Å². The van der Waals surface area contributed by atoms with Gasteiger partial charge in [-0.2, -0.15) is 10.2 Å². The first-order chi connectivity index (χ1) is 16.9. The van der Waals surface area contributed by atoms with Crippen molar-refractivity contribution in [2.75, 3.05) is 0 Å². The van der Waals surface area contributed by atoms with Crippen LogP contribution in [0, 0.1) is 11.3 Å². The number of nitrogens with one attached hydrogen (secondary N) is 1. The number of aromatic nitrogens is 2. The smallest absolute Gasteiger partial charge is 0.258 e. The Morgan fingerprint density at radius 2 is 2.09 bits per heavy atom. The van der Waals surface area contributed by atoms with Gasteiger partial charge >= 0.3 is 0 Å². The Hall–Kier alpha value is -3.95. The van der Waals surface area contributed by atoms with E-state index in [4.69, 9.17) is 9.26 Å². The van der Waals surface area contributed by atoms with Crippen molar-refractivity contribution in [3.05, 3.63) is 90.0 Å². The van der Waals surface area contributed by atoms with E-state index in [0.717, 1.165) is 24.0 Å². The van der Waals surface area contributed by atoms with Gasteiger partial charge in [-0.05, 0) is 68.5 Å². The molecule has 0 amide bonds. The van der Waals surface area contributed by atoms with Gasteiger partial charge in [0.25, 0.3) is 5.89 Å². The van der Waals surface area contributed by atoms with E-state index >= 15 is 0 Å². The Kier molecular flexibility index (Phi) is 7.28. The number of nitriles is 1. The lowest BCUT2D eigenvalue weighted by molar-refractivity contribution is 0.241. The number of fused-ring (bicyclic) bond motifs is 1.